The number of rotatable bonds is 5. The van der Waals surface area contributed by atoms with E-state index in [2.05, 4.69) is 31.0 Å². The van der Waals surface area contributed by atoms with Crippen LogP contribution in [0.3, 0.4) is 0 Å². The Morgan fingerprint density at radius 3 is 2.71 bits per heavy atom. The molecule has 0 atom stereocenters. The Labute approximate surface area is 87.1 Å². The van der Waals surface area contributed by atoms with Crippen molar-refractivity contribution in [3.63, 3.8) is 0 Å². The second-order valence-electron chi connectivity index (χ2n) is 4.80. The molecule has 0 bridgehead atoms. The lowest BCUT2D eigenvalue weighted by Crippen LogP contribution is -2.21. The Hall–Kier alpha value is -0.613. The highest BCUT2D eigenvalue weighted by Gasteiger charge is 2.11. The summed E-state index contributed by atoms with van der Waals surface area (Å²) in [5.74, 6) is 0. The predicted molar refractivity (Wildman–Crippen MR) is 59.9 cm³/mol. The molecule has 0 unspecified atom stereocenters. The topological polar surface area (TPSA) is 27.1 Å². The van der Waals surface area contributed by atoms with E-state index >= 15 is 0 Å². The molecule has 0 saturated heterocycles. The zero-order valence-electron chi connectivity index (χ0n) is 9.50. The molecule has 0 aliphatic heterocycles. The van der Waals surface area contributed by atoms with Gasteiger partial charge in [0.15, 0.2) is 6.33 Å². The molecule has 0 aromatic carbocycles. The van der Waals surface area contributed by atoms with E-state index in [0.29, 0.717) is 6.73 Å². The SMILES string of the molecule is Cc1cn(COCC[Si](C)(C)C)[c]n1. The first-order valence-electron chi connectivity index (χ1n) is 4.96. The van der Waals surface area contributed by atoms with Crippen LogP contribution in [0.4, 0.5) is 0 Å². The predicted octanol–water partition coefficient (Wildman–Crippen LogP) is 2.30. The van der Waals surface area contributed by atoms with E-state index in [4.69, 9.17) is 4.74 Å². The molecule has 0 aliphatic rings. The maximum Gasteiger partial charge on any atom is 0.178 e. The number of nitrogens with zero attached hydrogens (tertiary/aromatic N) is 2. The summed E-state index contributed by atoms with van der Waals surface area (Å²) in [7, 11) is -0.950. The van der Waals surface area contributed by atoms with Crippen molar-refractivity contribution in [1.29, 1.82) is 0 Å². The highest BCUT2D eigenvalue weighted by atomic mass is 28.3. The Morgan fingerprint density at radius 2 is 2.21 bits per heavy atom. The van der Waals surface area contributed by atoms with Crippen LogP contribution >= 0.6 is 0 Å². The van der Waals surface area contributed by atoms with Gasteiger partial charge in [-0.25, -0.2) is 4.98 Å². The fraction of sp³-hybridized carbons (Fsp3) is 0.700. The average Bonchev–Trinajstić information content (AvgIpc) is 2.44. The van der Waals surface area contributed by atoms with Gasteiger partial charge in [0, 0.05) is 20.9 Å². The molecule has 0 amide bonds. The number of imidazole rings is 1. The highest BCUT2D eigenvalue weighted by Crippen LogP contribution is 2.07. The highest BCUT2D eigenvalue weighted by molar-refractivity contribution is 6.76. The molecule has 0 fully saturated rings. The Balaban J connectivity index is 2.16. The maximum atomic E-state index is 5.54. The van der Waals surface area contributed by atoms with Crippen LogP contribution in [0.15, 0.2) is 6.20 Å². The Morgan fingerprint density at radius 1 is 1.50 bits per heavy atom. The number of hydrogen-bond donors (Lipinski definition) is 0. The van der Waals surface area contributed by atoms with Crippen molar-refractivity contribution in [2.24, 2.45) is 0 Å². The molecule has 14 heavy (non-hydrogen) atoms. The molecule has 0 aliphatic carbocycles. The molecular formula is C10H19N2OSi. The Bertz CT molecular complexity index is 278. The van der Waals surface area contributed by atoms with E-state index in [1.54, 1.807) is 0 Å². The van der Waals surface area contributed by atoms with E-state index in [0.717, 1.165) is 12.3 Å². The van der Waals surface area contributed by atoms with Gasteiger partial charge in [0.05, 0.1) is 5.69 Å². The van der Waals surface area contributed by atoms with Crippen LogP contribution in [-0.4, -0.2) is 24.2 Å². The molecule has 1 aromatic heterocycles. The standard InChI is InChI=1S/C10H19N2OSi/c1-10-7-12(8-11-10)9-13-5-6-14(2,3)4/h7H,5-6,9H2,1-4H3. The summed E-state index contributed by atoms with van der Waals surface area (Å²) >= 11 is 0. The van der Waals surface area contributed by atoms with Gasteiger partial charge in [0.1, 0.15) is 6.73 Å². The number of hydrogen-bond acceptors (Lipinski definition) is 2. The second kappa shape index (κ2) is 4.75. The largest absolute Gasteiger partial charge is 0.361 e. The van der Waals surface area contributed by atoms with Crippen LogP contribution in [0.25, 0.3) is 0 Å². The molecule has 1 rings (SSSR count). The fourth-order valence-electron chi connectivity index (χ4n) is 1.03. The van der Waals surface area contributed by atoms with Gasteiger partial charge in [-0.15, -0.1) is 0 Å². The quantitative estimate of drug-likeness (QED) is 0.552. The summed E-state index contributed by atoms with van der Waals surface area (Å²) in [4.78, 5) is 4.01. The van der Waals surface area contributed by atoms with Crippen LogP contribution in [0.2, 0.25) is 25.7 Å². The van der Waals surface area contributed by atoms with E-state index in [-0.39, 0.29) is 0 Å². The lowest BCUT2D eigenvalue weighted by Gasteiger charge is -2.15. The number of aromatic nitrogens is 2. The second-order valence-corrected chi connectivity index (χ2v) is 10.4. The van der Waals surface area contributed by atoms with Crippen LogP contribution in [0.1, 0.15) is 5.69 Å². The monoisotopic (exact) mass is 211 g/mol. The molecule has 79 valence electrons. The summed E-state index contributed by atoms with van der Waals surface area (Å²) in [6.45, 7) is 10.4. The van der Waals surface area contributed by atoms with Crippen molar-refractivity contribution in [2.45, 2.75) is 39.3 Å². The van der Waals surface area contributed by atoms with Crippen molar-refractivity contribution >= 4 is 8.07 Å². The zero-order valence-corrected chi connectivity index (χ0v) is 10.5. The van der Waals surface area contributed by atoms with E-state index < -0.39 is 8.07 Å². The molecule has 1 aromatic rings. The summed E-state index contributed by atoms with van der Waals surface area (Å²) in [6.07, 6.45) is 4.80. The molecular weight excluding hydrogens is 192 g/mol. The minimum atomic E-state index is -0.950. The van der Waals surface area contributed by atoms with Gasteiger partial charge in [-0.1, -0.05) is 19.6 Å². The van der Waals surface area contributed by atoms with Crippen molar-refractivity contribution < 1.29 is 4.74 Å². The van der Waals surface area contributed by atoms with Gasteiger partial charge in [-0.3, -0.25) is 0 Å². The normalized spacial score (nSPS) is 12.0. The van der Waals surface area contributed by atoms with Gasteiger partial charge in [-0.2, -0.15) is 0 Å². The van der Waals surface area contributed by atoms with Crippen molar-refractivity contribution in [3.8, 4) is 0 Å². The number of aryl methyl sites for hydroxylation is 1. The van der Waals surface area contributed by atoms with Crippen LogP contribution in [-0.2, 0) is 11.5 Å². The first-order valence-corrected chi connectivity index (χ1v) is 8.67. The molecule has 0 saturated carbocycles. The van der Waals surface area contributed by atoms with Crippen LogP contribution < -0.4 is 0 Å². The summed E-state index contributed by atoms with van der Waals surface area (Å²) in [6, 6.07) is 1.21. The van der Waals surface area contributed by atoms with Gasteiger partial charge >= 0.3 is 0 Å². The van der Waals surface area contributed by atoms with Crippen molar-refractivity contribution in [3.05, 3.63) is 18.2 Å². The van der Waals surface area contributed by atoms with Crippen LogP contribution in [0, 0.1) is 13.3 Å². The van der Waals surface area contributed by atoms with Crippen molar-refractivity contribution in [2.75, 3.05) is 6.61 Å². The molecule has 0 N–H and O–H groups in total. The first kappa shape index (κ1) is 11.5. The van der Waals surface area contributed by atoms with E-state index in [1.165, 1.54) is 6.04 Å². The molecule has 4 heteroatoms. The first-order chi connectivity index (χ1) is 6.47. The van der Waals surface area contributed by atoms with Gasteiger partial charge in [-0.05, 0) is 13.0 Å². The molecule has 0 spiro atoms. The maximum absolute atomic E-state index is 5.54. The molecule has 1 radical (unpaired) electrons. The third-order valence-electron chi connectivity index (χ3n) is 1.92. The lowest BCUT2D eigenvalue weighted by molar-refractivity contribution is 0.0865. The van der Waals surface area contributed by atoms with Crippen LogP contribution in [0.5, 0.6) is 0 Å². The molecule has 1 heterocycles. The zero-order chi connectivity index (χ0) is 10.6. The minimum absolute atomic E-state index is 0.575. The van der Waals surface area contributed by atoms with Gasteiger partial charge < -0.3 is 9.30 Å². The van der Waals surface area contributed by atoms with Crippen molar-refractivity contribution in [1.82, 2.24) is 9.55 Å². The summed E-state index contributed by atoms with van der Waals surface area (Å²) in [5.41, 5.74) is 0.985. The van der Waals surface area contributed by atoms with Gasteiger partial charge in [0.2, 0.25) is 0 Å². The average molecular weight is 211 g/mol. The third-order valence-corrected chi connectivity index (χ3v) is 3.63. The smallest absolute Gasteiger partial charge is 0.178 e. The number of ether oxygens (including phenoxy) is 1. The van der Waals surface area contributed by atoms with E-state index in [1.807, 2.05) is 17.7 Å². The fourth-order valence-corrected chi connectivity index (χ4v) is 1.79. The third kappa shape index (κ3) is 4.57. The minimum Gasteiger partial charge on any atom is -0.361 e. The summed E-state index contributed by atoms with van der Waals surface area (Å²) in [5, 5.41) is 0. The van der Waals surface area contributed by atoms with Gasteiger partial charge in [0.25, 0.3) is 0 Å². The van der Waals surface area contributed by atoms with E-state index in [9.17, 15) is 0 Å². The summed E-state index contributed by atoms with van der Waals surface area (Å²) < 4.78 is 7.38. The molecule has 3 nitrogen and oxygen atoms in total. The lowest BCUT2D eigenvalue weighted by atomic mass is 10.6. The Kier molecular flexibility index (Phi) is 3.89.